The number of hydrogen-bond acceptors (Lipinski definition) is 3. The van der Waals surface area contributed by atoms with Gasteiger partial charge in [-0.2, -0.15) is 0 Å². The molecule has 2 N–H and O–H groups in total. The minimum absolute atomic E-state index is 0.170. The van der Waals surface area contributed by atoms with E-state index < -0.39 is 0 Å². The number of hydrogen-bond donors (Lipinski definition) is 1. The van der Waals surface area contributed by atoms with Gasteiger partial charge in [0, 0.05) is 23.8 Å². The molecule has 0 bridgehead atoms. The molecule has 2 aromatic rings. The number of halogens is 1. The molecule has 1 unspecified atom stereocenters. The first-order chi connectivity index (χ1) is 9.19. The first-order valence-electron chi connectivity index (χ1n) is 6.32. The highest BCUT2D eigenvalue weighted by atomic mass is 19.1. The van der Waals surface area contributed by atoms with Crippen molar-refractivity contribution >= 4 is 0 Å². The van der Waals surface area contributed by atoms with Gasteiger partial charge in [-0.15, -0.1) is 0 Å². The highest BCUT2D eigenvalue weighted by Gasteiger charge is 2.22. The van der Waals surface area contributed by atoms with E-state index in [-0.39, 0.29) is 11.9 Å². The van der Waals surface area contributed by atoms with Gasteiger partial charge in [-0.25, -0.2) is 9.37 Å². The molecule has 1 aromatic carbocycles. The zero-order chi connectivity index (χ0) is 13.4. The number of nitrogens with two attached hydrogens (primary N) is 1. The maximum absolute atomic E-state index is 13.5. The zero-order valence-electron chi connectivity index (χ0n) is 10.8. The Morgan fingerprint density at radius 2 is 2.32 bits per heavy atom. The fraction of sp³-hybridized carbons (Fsp3) is 0.357. The Hall–Kier alpha value is -1.88. The number of nitrogens with zero attached hydrogens (tertiary/aromatic N) is 2. The predicted octanol–water partition coefficient (Wildman–Crippen LogP) is 1.97. The number of benzene rings is 1. The molecule has 0 saturated carbocycles. The molecule has 5 heteroatoms. The van der Waals surface area contributed by atoms with E-state index in [9.17, 15) is 4.39 Å². The maximum atomic E-state index is 13.5. The SMILES string of the molecule is COc1ccc(F)cc1-c1ncn2c1CCC(N)C2. The molecule has 1 aliphatic rings. The second-order valence-electron chi connectivity index (χ2n) is 4.84. The van der Waals surface area contributed by atoms with Crippen molar-refractivity contribution in [1.29, 1.82) is 0 Å². The van der Waals surface area contributed by atoms with Crippen LogP contribution >= 0.6 is 0 Å². The Morgan fingerprint density at radius 1 is 1.47 bits per heavy atom. The summed E-state index contributed by atoms with van der Waals surface area (Å²) in [7, 11) is 1.58. The summed E-state index contributed by atoms with van der Waals surface area (Å²) in [6.45, 7) is 0.764. The largest absolute Gasteiger partial charge is 0.496 e. The van der Waals surface area contributed by atoms with Gasteiger partial charge in [-0.1, -0.05) is 0 Å². The van der Waals surface area contributed by atoms with E-state index in [0.717, 1.165) is 30.8 Å². The molecule has 1 aromatic heterocycles. The molecule has 1 atom stereocenters. The number of fused-ring (bicyclic) bond motifs is 1. The number of aromatic nitrogens is 2. The highest BCUT2D eigenvalue weighted by Crippen LogP contribution is 2.33. The Labute approximate surface area is 111 Å². The molecule has 0 saturated heterocycles. The summed E-state index contributed by atoms with van der Waals surface area (Å²) in [5.41, 5.74) is 8.54. The van der Waals surface area contributed by atoms with Crippen LogP contribution in [0.5, 0.6) is 5.75 Å². The molecule has 4 nitrogen and oxygen atoms in total. The lowest BCUT2D eigenvalue weighted by molar-refractivity contribution is 0.415. The van der Waals surface area contributed by atoms with E-state index in [1.165, 1.54) is 12.1 Å². The summed E-state index contributed by atoms with van der Waals surface area (Å²) in [5, 5.41) is 0. The third-order valence-electron chi connectivity index (χ3n) is 3.55. The van der Waals surface area contributed by atoms with Crippen molar-refractivity contribution in [3.8, 4) is 17.0 Å². The molecule has 0 spiro atoms. The quantitative estimate of drug-likeness (QED) is 0.899. The van der Waals surface area contributed by atoms with Gasteiger partial charge < -0.3 is 15.0 Å². The number of methoxy groups -OCH3 is 1. The Balaban J connectivity index is 2.10. The average Bonchev–Trinajstić information content (AvgIpc) is 2.81. The molecule has 19 heavy (non-hydrogen) atoms. The monoisotopic (exact) mass is 261 g/mol. The summed E-state index contributed by atoms with van der Waals surface area (Å²) in [5.74, 6) is 0.350. The normalized spacial score (nSPS) is 18.2. The Morgan fingerprint density at radius 3 is 3.11 bits per heavy atom. The molecular formula is C14H16FN3O. The molecule has 0 fully saturated rings. The van der Waals surface area contributed by atoms with E-state index in [1.807, 2.05) is 4.57 Å². The van der Waals surface area contributed by atoms with Gasteiger partial charge in [0.25, 0.3) is 0 Å². The Bertz CT molecular complexity index is 609. The second-order valence-corrected chi connectivity index (χ2v) is 4.84. The van der Waals surface area contributed by atoms with Crippen LogP contribution in [0, 0.1) is 5.82 Å². The molecule has 1 aliphatic heterocycles. The van der Waals surface area contributed by atoms with Crippen molar-refractivity contribution < 1.29 is 9.13 Å². The number of ether oxygens (including phenoxy) is 1. The van der Waals surface area contributed by atoms with E-state index in [0.29, 0.717) is 11.3 Å². The van der Waals surface area contributed by atoms with Crippen LogP contribution < -0.4 is 10.5 Å². The van der Waals surface area contributed by atoms with Crippen molar-refractivity contribution in [2.75, 3.05) is 7.11 Å². The zero-order valence-corrected chi connectivity index (χ0v) is 10.8. The average molecular weight is 261 g/mol. The number of imidazole rings is 1. The van der Waals surface area contributed by atoms with Gasteiger partial charge in [-0.05, 0) is 31.0 Å². The maximum Gasteiger partial charge on any atom is 0.128 e. The highest BCUT2D eigenvalue weighted by molar-refractivity contribution is 5.69. The molecule has 3 rings (SSSR count). The van der Waals surface area contributed by atoms with Crippen LogP contribution in [0.25, 0.3) is 11.3 Å². The lowest BCUT2D eigenvalue weighted by Crippen LogP contribution is -2.31. The topological polar surface area (TPSA) is 53.1 Å². The van der Waals surface area contributed by atoms with Gasteiger partial charge in [0.05, 0.1) is 19.1 Å². The molecular weight excluding hydrogens is 245 g/mol. The molecule has 100 valence electrons. The summed E-state index contributed by atoms with van der Waals surface area (Å²) in [6, 6.07) is 4.66. The molecule has 2 heterocycles. The lowest BCUT2D eigenvalue weighted by atomic mass is 10.0. The summed E-state index contributed by atoms with van der Waals surface area (Å²) >= 11 is 0. The van der Waals surface area contributed by atoms with Crippen LogP contribution in [0.15, 0.2) is 24.5 Å². The third-order valence-corrected chi connectivity index (χ3v) is 3.55. The number of rotatable bonds is 2. The summed E-state index contributed by atoms with van der Waals surface area (Å²) < 4.78 is 20.8. The van der Waals surface area contributed by atoms with Crippen LogP contribution in [0.3, 0.4) is 0 Å². The van der Waals surface area contributed by atoms with Gasteiger partial charge in [0.2, 0.25) is 0 Å². The van der Waals surface area contributed by atoms with Crippen molar-refractivity contribution in [2.24, 2.45) is 5.73 Å². The van der Waals surface area contributed by atoms with Gasteiger partial charge >= 0.3 is 0 Å². The standard InChI is InChI=1S/C14H16FN3O/c1-19-13-5-2-9(15)6-11(13)14-12-4-3-10(16)7-18(12)8-17-14/h2,5-6,8,10H,3-4,7,16H2,1H3. The van der Waals surface area contributed by atoms with Crippen molar-refractivity contribution in [2.45, 2.75) is 25.4 Å². The minimum Gasteiger partial charge on any atom is -0.496 e. The van der Waals surface area contributed by atoms with E-state index in [1.54, 1.807) is 19.5 Å². The fourth-order valence-corrected chi connectivity index (χ4v) is 2.58. The van der Waals surface area contributed by atoms with Gasteiger partial charge in [-0.3, -0.25) is 0 Å². The lowest BCUT2D eigenvalue weighted by Gasteiger charge is -2.21. The first-order valence-corrected chi connectivity index (χ1v) is 6.32. The fourth-order valence-electron chi connectivity index (χ4n) is 2.58. The Kier molecular flexibility index (Phi) is 2.98. The van der Waals surface area contributed by atoms with Crippen LogP contribution in [0.4, 0.5) is 4.39 Å². The van der Waals surface area contributed by atoms with E-state index >= 15 is 0 Å². The summed E-state index contributed by atoms with van der Waals surface area (Å²) in [6.07, 6.45) is 3.56. The second kappa shape index (κ2) is 4.66. The van der Waals surface area contributed by atoms with Crippen LogP contribution in [0.2, 0.25) is 0 Å². The molecule has 0 amide bonds. The van der Waals surface area contributed by atoms with Crippen molar-refractivity contribution in [3.05, 3.63) is 36.0 Å². The van der Waals surface area contributed by atoms with Crippen molar-refractivity contribution in [3.63, 3.8) is 0 Å². The molecule has 0 aliphatic carbocycles. The summed E-state index contributed by atoms with van der Waals surface area (Å²) in [4.78, 5) is 4.41. The molecule has 0 radical (unpaired) electrons. The van der Waals surface area contributed by atoms with Gasteiger partial charge in [0.15, 0.2) is 0 Å². The smallest absolute Gasteiger partial charge is 0.128 e. The van der Waals surface area contributed by atoms with Crippen molar-refractivity contribution in [1.82, 2.24) is 9.55 Å². The minimum atomic E-state index is -0.287. The van der Waals surface area contributed by atoms with Crippen LogP contribution in [-0.4, -0.2) is 22.7 Å². The van der Waals surface area contributed by atoms with Crippen LogP contribution in [0.1, 0.15) is 12.1 Å². The van der Waals surface area contributed by atoms with Gasteiger partial charge in [0.1, 0.15) is 11.6 Å². The third kappa shape index (κ3) is 2.10. The predicted molar refractivity (Wildman–Crippen MR) is 70.5 cm³/mol. The first kappa shape index (κ1) is 12.2. The van der Waals surface area contributed by atoms with Crippen LogP contribution in [-0.2, 0) is 13.0 Å². The van der Waals surface area contributed by atoms with E-state index in [4.69, 9.17) is 10.5 Å². The van der Waals surface area contributed by atoms with E-state index in [2.05, 4.69) is 4.98 Å².